The van der Waals surface area contributed by atoms with E-state index in [-0.39, 0.29) is 6.10 Å². The van der Waals surface area contributed by atoms with E-state index in [0.717, 1.165) is 6.54 Å². The Morgan fingerprint density at radius 2 is 2.25 bits per heavy atom. The lowest BCUT2D eigenvalue weighted by molar-refractivity contribution is 0.109. The molecule has 1 aliphatic rings. The van der Waals surface area contributed by atoms with Gasteiger partial charge in [-0.25, -0.2) is 0 Å². The van der Waals surface area contributed by atoms with Crippen molar-refractivity contribution in [3.63, 3.8) is 0 Å². The normalized spacial score (nSPS) is 18.8. The van der Waals surface area contributed by atoms with Gasteiger partial charge >= 0.3 is 0 Å². The number of hydrogen-bond acceptors (Lipinski definition) is 3. The van der Waals surface area contributed by atoms with Crippen LogP contribution in [0.5, 0.6) is 0 Å². The summed E-state index contributed by atoms with van der Waals surface area (Å²) in [4.78, 5) is 4.06. The van der Waals surface area contributed by atoms with E-state index in [9.17, 15) is 5.11 Å². The topological polar surface area (TPSA) is 45.1 Å². The molecule has 1 aromatic heterocycles. The van der Waals surface area contributed by atoms with Crippen LogP contribution in [0.15, 0.2) is 24.5 Å². The van der Waals surface area contributed by atoms with Crippen molar-refractivity contribution >= 4 is 0 Å². The minimum Gasteiger partial charge on any atom is -0.392 e. The summed E-state index contributed by atoms with van der Waals surface area (Å²) < 4.78 is 0. The molecule has 0 amide bonds. The standard InChI is InChI=1S/C13H20N2O/c16-13(12-5-1-2-6-12)10-15-9-11-4-3-7-14-8-11/h3-4,7-8,12-13,15-16H,1-2,5-6,9-10H2. The fourth-order valence-corrected chi connectivity index (χ4v) is 2.38. The first-order valence-corrected chi connectivity index (χ1v) is 6.14. The molecule has 0 spiro atoms. The van der Waals surface area contributed by atoms with Crippen molar-refractivity contribution in [1.82, 2.24) is 10.3 Å². The van der Waals surface area contributed by atoms with Crippen molar-refractivity contribution in [1.29, 1.82) is 0 Å². The number of aliphatic hydroxyl groups is 1. The largest absolute Gasteiger partial charge is 0.392 e. The summed E-state index contributed by atoms with van der Waals surface area (Å²) in [6, 6.07) is 3.98. The summed E-state index contributed by atoms with van der Waals surface area (Å²) in [5, 5.41) is 13.2. The van der Waals surface area contributed by atoms with Crippen molar-refractivity contribution in [2.75, 3.05) is 6.54 Å². The zero-order valence-electron chi connectivity index (χ0n) is 9.60. The molecular formula is C13H20N2O. The van der Waals surface area contributed by atoms with Crippen LogP contribution < -0.4 is 5.32 Å². The van der Waals surface area contributed by atoms with Gasteiger partial charge in [-0.1, -0.05) is 18.9 Å². The van der Waals surface area contributed by atoms with E-state index in [1.807, 2.05) is 18.3 Å². The lowest BCUT2D eigenvalue weighted by Gasteiger charge is -2.18. The van der Waals surface area contributed by atoms with Gasteiger partial charge in [0.25, 0.3) is 0 Å². The van der Waals surface area contributed by atoms with E-state index in [0.29, 0.717) is 12.5 Å². The Morgan fingerprint density at radius 1 is 1.44 bits per heavy atom. The van der Waals surface area contributed by atoms with Gasteiger partial charge in [-0.2, -0.15) is 0 Å². The van der Waals surface area contributed by atoms with Crippen molar-refractivity contribution in [3.8, 4) is 0 Å². The third-order valence-corrected chi connectivity index (χ3v) is 3.35. The van der Waals surface area contributed by atoms with Crippen LogP contribution in [-0.4, -0.2) is 22.7 Å². The van der Waals surface area contributed by atoms with Gasteiger partial charge in [0.15, 0.2) is 0 Å². The monoisotopic (exact) mass is 220 g/mol. The Labute approximate surface area is 96.9 Å². The smallest absolute Gasteiger partial charge is 0.0692 e. The second-order valence-corrected chi connectivity index (χ2v) is 4.60. The van der Waals surface area contributed by atoms with Crippen LogP contribution >= 0.6 is 0 Å². The molecule has 1 aromatic rings. The number of nitrogens with one attached hydrogen (secondary N) is 1. The number of rotatable bonds is 5. The predicted molar refractivity (Wildman–Crippen MR) is 63.9 cm³/mol. The Balaban J connectivity index is 1.67. The highest BCUT2D eigenvalue weighted by Gasteiger charge is 2.22. The van der Waals surface area contributed by atoms with Crippen molar-refractivity contribution in [2.24, 2.45) is 5.92 Å². The first-order valence-electron chi connectivity index (χ1n) is 6.14. The summed E-state index contributed by atoms with van der Waals surface area (Å²) >= 11 is 0. The zero-order valence-corrected chi connectivity index (χ0v) is 9.60. The van der Waals surface area contributed by atoms with E-state index in [1.165, 1.54) is 31.2 Å². The third kappa shape index (κ3) is 3.29. The Kier molecular flexibility index (Phi) is 4.31. The summed E-state index contributed by atoms with van der Waals surface area (Å²) in [6.45, 7) is 1.48. The quantitative estimate of drug-likeness (QED) is 0.794. The number of nitrogens with zero attached hydrogens (tertiary/aromatic N) is 1. The second kappa shape index (κ2) is 5.97. The molecule has 0 bridgehead atoms. The molecule has 1 aliphatic carbocycles. The van der Waals surface area contributed by atoms with Gasteiger partial charge in [0, 0.05) is 25.5 Å². The van der Waals surface area contributed by atoms with Crippen LogP contribution in [0.4, 0.5) is 0 Å². The minimum atomic E-state index is -0.181. The first kappa shape index (κ1) is 11.6. The van der Waals surface area contributed by atoms with E-state index in [2.05, 4.69) is 10.3 Å². The van der Waals surface area contributed by atoms with Gasteiger partial charge in [0.05, 0.1) is 6.10 Å². The molecule has 1 unspecified atom stereocenters. The molecular weight excluding hydrogens is 200 g/mol. The maximum absolute atomic E-state index is 9.95. The molecule has 0 aliphatic heterocycles. The summed E-state index contributed by atoms with van der Waals surface area (Å²) in [7, 11) is 0. The van der Waals surface area contributed by atoms with Gasteiger partial charge in [-0.15, -0.1) is 0 Å². The molecule has 3 heteroatoms. The molecule has 2 rings (SSSR count). The molecule has 1 heterocycles. The van der Waals surface area contributed by atoms with Gasteiger partial charge < -0.3 is 10.4 Å². The van der Waals surface area contributed by atoms with Crippen molar-refractivity contribution < 1.29 is 5.11 Å². The number of aliphatic hydroxyl groups excluding tert-OH is 1. The Bertz CT molecular complexity index is 296. The number of aromatic nitrogens is 1. The van der Waals surface area contributed by atoms with Gasteiger partial charge in [-0.3, -0.25) is 4.98 Å². The second-order valence-electron chi connectivity index (χ2n) is 4.60. The van der Waals surface area contributed by atoms with E-state index < -0.39 is 0 Å². The zero-order chi connectivity index (χ0) is 11.2. The highest BCUT2D eigenvalue weighted by atomic mass is 16.3. The van der Waals surface area contributed by atoms with Crippen LogP contribution in [-0.2, 0) is 6.54 Å². The van der Waals surface area contributed by atoms with Gasteiger partial charge in [0.1, 0.15) is 0 Å². The number of hydrogen-bond donors (Lipinski definition) is 2. The molecule has 0 aromatic carbocycles. The van der Waals surface area contributed by atoms with Crippen LogP contribution in [0.1, 0.15) is 31.2 Å². The van der Waals surface area contributed by atoms with E-state index in [4.69, 9.17) is 0 Å². The van der Waals surface area contributed by atoms with E-state index >= 15 is 0 Å². The minimum absolute atomic E-state index is 0.181. The molecule has 3 nitrogen and oxygen atoms in total. The Hall–Kier alpha value is -0.930. The van der Waals surface area contributed by atoms with Crippen molar-refractivity contribution in [3.05, 3.63) is 30.1 Å². The molecule has 0 saturated heterocycles. The predicted octanol–water partition coefficient (Wildman–Crippen LogP) is 1.72. The fourth-order valence-electron chi connectivity index (χ4n) is 2.38. The maximum atomic E-state index is 9.95. The highest BCUT2D eigenvalue weighted by molar-refractivity contribution is 5.07. The third-order valence-electron chi connectivity index (χ3n) is 3.35. The average Bonchev–Trinajstić information content (AvgIpc) is 2.84. The van der Waals surface area contributed by atoms with E-state index in [1.54, 1.807) is 6.20 Å². The summed E-state index contributed by atoms with van der Waals surface area (Å²) in [5.74, 6) is 0.515. The van der Waals surface area contributed by atoms with Crippen LogP contribution in [0.3, 0.4) is 0 Å². The van der Waals surface area contributed by atoms with Crippen molar-refractivity contribution in [2.45, 2.75) is 38.3 Å². The summed E-state index contributed by atoms with van der Waals surface area (Å²) in [6.07, 6.45) is 8.39. The maximum Gasteiger partial charge on any atom is 0.0692 e. The van der Waals surface area contributed by atoms with Gasteiger partial charge in [0.2, 0.25) is 0 Å². The van der Waals surface area contributed by atoms with Crippen LogP contribution in [0, 0.1) is 5.92 Å². The molecule has 0 radical (unpaired) electrons. The molecule has 16 heavy (non-hydrogen) atoms. The molecule has 1 atom stereocenters. The SMILES string of the molecule is OC(CNCc1cccnc1)C1CCCC1. The summed E-state index contributed by atoms with van der Waals surface area (Å²) in [5.41, 5.74) is 1.17. The lowest BCUT2D eigenvalue weighted by atomic mass is 10.0. The lowest BCUT2D eigenvalue weighted by Crippen LogP contribution is -2.31. The molecule has 1 saturated carbocycles. The highest BCUT2D eigenvalue weighted by Crippen LogP contribution is 2.27. The Morgan fingerprint density at radius 3 is 2.94 bits per heavy atom. The molecule has 88 valence electrons. The fraction of sp³-hybridized carbons (Fsp3) is 0.615. The molecule has 2 N–H and O–H groups in total. The van der Waals surface area contributed by atoms with Crippen LogP contribution in [0.2, 0.25) is 0 Å². The average molecular weight is 220 g/mol. The van der Waals surface area contributed by atoms with Crippen LogP contribution in [0.25, 0.3) is 0 Å². The first-order chi connectivity index (χ1) is 7.86. The number of pyridine rings is 1. The molecule has 1 fully saturated rings. The van der Waals surface area contributed by atoms with Gasteiger partial charge in [-0.05, 0) is 30.4 Å².